The number of aryl methyl sites for hydroxylation is 2. The van der Waals surface area contributed by atoms with Crippen LogP contribution in [0.4, 0.5) is 0 Å². The lowest BCUT2D eigenvalue weighted by atomic mass is 10.1. The van der Waals surface area contributed by atoms with Crippen molar-refractivity contribution in [3.05, 3.63) is 81.3 Å². The number of nitrogens with zero attached hydrogens (tertiary/aromatic N) is 2. The Bertz CT molecular complexity index is 988. The lowest BCUT2D eigenvalue weighted by molar-refractivity contribution is -0.122. The van der Waals surface area contributed by atoms with E-state index >= 15 is 0 Å². The molecule has 0 saturated heterocycles. The summed E-state index contributed by atoms with van der Waals surface area (Å²) in [6.45, 7) is 6.20. The molecule has 3 aromatic rings. The highest BCUT2D eigenvalue weighted by molar-refractivity contribution is 7.07. The average Bonchev–Trinajstić information content (AvgIpc) is 3.17. The van der Waals surface area contributed by atoms with E-state index in [0.29, 0.717) is 26.2 Å². The Morgan fingerprint density at radius 2 is 2.21 bits per heavy atom. The van der Waals surface area contributed by atoms with Gasteiger partial charge in [-0.25, -0.2) is 0 Å². The summed E-state index contributed by atoms with van der Waals surface area (Å²) in [7, 11) is 0. The smallest absolute Gasteiger partial charge is 0.234 e. The highest BCUT2D eigenvalue weighted by atomic mass is 32.1. The van der Waals surface area contributed by atoms with E-state index in [0.717, 1.165) is 28.1 Å². The molecule has 6 heteroatoms. The number of hydrogen-bond donors (Lipinski definition) is 1. The fourth-order valence-electron chi connectivity index (χ4n) is 3.57. The Labute approximate surface area is 175 Å². The summed E-state index contributed by atoms with van der Waals surface area (Å²) in [5.74, 6) is 0.897. The van der Waals surface area contributed by atoms with Gasteiger partial charge in [0.1, 0.15) is 11.9 Å². The Morgan fingerprint density at radius 1 is 1.31 bits per heavy atom. The summed E-state index contributed by atoms with van der Waals surface area (Å²) < 4.78 is 6.34. The van der Waals surface area contributed by atoms with Crippen LogP contribution in [0.1, 0.15) is 34.1 Å². The van der Waals surface area contributed by atoms with Gasteiger partial charge in [0, 0.05) is 30.4 Å². The van der Waals surface area contributed by atoms with Crippen molar-refractivity contribution in [2.24, 2.45) is 0 Å². The van der Waals surface area contributed by atoms with E-state index in [1.807, 2.05) is 25.1 Å². The maximum absolute atomic E-state index is 12.7. The average molecular weight is 408 g/mol. The molecule has 2 aromatic heterocycles. The molecular formula is C23H25N3O2S. The molecule has 1 unspecified atom stereocenters. The van der Waals surface area contributed by atoms with E-state index in [9.17, 15) is 4.79 Å². The quantitative estimate of drug-likeness (QED) is 0.694. The van der Waals surface area contributed by atoms with Gasteiger partial charge >= 0.3 is 0 Å². The van der Waals surface area contributed by atoms with Crippen LogP contribution in [0, 0.1) is 13.8 Å². The number of carbonyl (C=O) groups excluding carboxylic acids is 1. The van der Waals surface area contributed by atoms with Gasteiger partial charge in [0.05, 0.1) is 18.8 Å². The third-order valence-electron chi connectivity index (χ3n) is 5.16. The number of nitrogens with one attached hydrogen (secondary N) is 1. The first-order chi connectivity index (χ1) is 14.1. The van der Waals surface area contributed by atoms with Gasteiger partial charge in [-0.2, -0.15) is 11.3 Å². The third-order valence-corrected chi connectivity index (χ3v) is 5.86. The van der Waals surface area contributed by atoms with Crippen LogP contribution in [0.2, 0.25) is 0 Å². The standard InChI is InChI=1S/C23H25N3O2S/c1-16-5-6-21-19(10-16)12-26(13-22(28-21)18-7-9-29-15-18)14-23(27)25-11-20-17(2)4-3-8-24-20/h3-10,15,22H,11-14H2,1-2H3,(H,25,27). The number of hydrogen-bond acceptors (Lipinski definition) is 5. The normalized spacial score (nSPS) is 16.6. The number of thiophene rings is 1. The van der Waals surface area contributed by atoms with Gasteiger partial charge in [0.25, 0.3) is 0 Å². The molecule has 0 bridgehead atoms. The van der Waals surface area contributed by atoms with E-state index in [1.165, 1.54) is 5.56 Å². The molecule has 0 aliphatic carbocycles. The highest BCUT2D eigenvalue weighted by Gasteiger charge is 2.26. The van der Waals surface area contributed by atoms with E-state index in [-0.39, 0.29) is 12.0 Å². The predicted octanol–water partition coefficient (Wildman–Crippen LogP) is 4.01. The minimum Gasteiger partial charge on any atom is -0.484 e. The fourth-order valence-corrected chi connectivity index (χ4v) is 4.28. The molecule has 1 aromatic carbocycles. The monoisotopic (exact) mass is 407 g/mol. The molecule has 29 heavy (non-hydrogen) atoms. The maximum Gasteiger partial charge on any atom is 0.234 e. The molecule has 4 rings (SSSR count). The van der Waals surface area contributed by atoms with Crippen LogP contribution >= 0.6 is 11.3 Å². The van der Waals surface area contributed by atoms with Crippen LogP contribution in [-0.4, -0.2) is 28.9 Å². The third kappa shape index (κ3) is 4.83. The van der Waals surface area contributed by atoms with Gasteiger partial charge in [0.2, 0.25) is 5.91 Å². The predicted molar refractivity (Wildman–Crippen MR) is 115 cm³/mol. The summed E-state index contributed by atoms with van der Waals surface area (Å²) in [5.41, 5.74) is 5.44. The van der Waals surface area contributed by atoms with Crippen molar-refractivity contribution in [1.82, 2.24) is 15.2 Å². The molecule has 0 fully saturated rings. The largest absolute Gasteiger partial charge is 0.484 e. The second kappa shape index (κ2) is 8.76. The van der Waals surface area contributed by atoms with Gasteiger partial charge in [-0.3, -0.25) is 14.7 Å². The maximum atomic E-state index is 12.7. The van der Waals surface area contributed by atoms with Crippen LogP contribution in [0.3, 0.4) is 0 Å². The SMILES string of the molecule is Cc1ccc2c(c1)CN(CC(=O)NCc1ncccc1C)CC(c1ccsc1)O2. The van der Waals surface area contributed by atoms with Crippen LogP contribution < -0.4 is 10.1 Å². The molecule has 0 saturated carbocycles. The summed E-state index contributed by atoms with van der Waals surface area (Å²) in [6, 6.07) is 12.3. The first kappa shape index (κ1) is 19.6. The molecule has 3 heterocycles. The molecule has 1 aliphatic heterocycles. The van der Waals surface area contributed by atoms with Crippen LogP contribution in [0.5, 0.6) is 5.75 Å². The summed E-state index contributed by atoms with van der Waals surface area (Å²) >= 11 is 1.66. The van der Waals surface area contributed by atoms with E-state index < -0.39 is 0 Å². The van der Waals surface area contributed by atoms with Gasteiger partial charge in [0.15, 0.2) is 0 Å². The van der Waals surface area contributed by atoms with E-state index in [1.54, 1.807) is 17.5 Å². The molecule has 1 aliphatic rings. The van der Waals surface area contributed by atoms with Crippen molar-refractivity contribution >= 4 is 17.2 Å². The first-order valence-electron chi connectivity index (χ1n) is 9.76. The lowest BCUT2D eigenvalue weighted by Crippen LogP contribution is -2.38. The molecule has 1 N–H and O–H groups in total. The fraction of sp³-hybridized carbons (Fsp3) is 0.304. The first-order valence-corrected chi connectivity index (χ1v) is 10.7. The van der Waals surface area contributed by atoms with Gasteiger partial charge < -0.3 is 10.1 Å². The summed E-state index contributed by atoms with van der Waals surface area (Å²) in [5, 5.41) is 7.19. The Balaban J connectivity index is 1.48. The molecule has 0 radical (unpaired) electrons. The van der Waals surface area contributed by atoms with Crippen molar-refractivity contribution in [2.45, 2.75) is 33.0 Å². The van der Waals surface area contributed by atoms with Crippen LogP contribution in [0.25, 0.3) is 0 Å². The number of amides is 1. The van der Waals surface area contributed by atoms with Crippen molar-refractivity contribution in [1.29, 1.82) is 0 Å². The Morgan fingerprint density at radius 3 is 3.00 bits per heavy atom. The molecule has 1 atom stereocenters. The highest BCUT2D eigenvalue weighted by Crippen LogP contribution is 2.32. The Kier molecular flexibility index (Phi) is 5.92. The van der Waals surface area contributed by atoms with Crippen molar-refractivity contribution in [2.75, 3.05) is 13.1 Å². The van der Waals surface area contributed by atoms with Gasteiger partial charge in [-0.1, -0.05) is 23.8 Å². The summed E-state index contributed by atoms with van der Waals surface area (Å²) in [6.07, 6.45) is 1.67. The van der Waals surface area contributed by atoms with E-state index in [4.69, 9.17) is 4.74 Å². The zero-order valence-corrected chi connectivity index (χ0v) is 17.5. The minimum absolute atomic E-state index is 0.00442. The number of pyridine rings is 1. The second-order valence-corrected chi connectivity index (χ2v) is 8.27. The molecule has 1 amide bonds. The number of aromatic nitrogens is 1. The Hall–Kier alpha value is -2.70. The number of fused-ring (bicyclic) bond motifs is 1. The number of carbonyl (C=O) groups is 1. The molecular weight excluding hydrogens is 382 g/mol. The minimum atomic E-state index is -0.0870. The van der Waals surface area contributed by atoms with Crippen molar-refractivity contribution in [3.8, 4) is 5.75 Å². The molecule has 150 valence electrons. The molecule has 5 nitrogen and oxygen atoms in total. The lowest BCUT2D eigenvalue weighted by Gasteiger charge is -2.23. The van der Waals surface area contributed by atoms with Crippen molar-refractivity contribution in [3.63, 3.8) is 0 Å². The van der Waals surface area contributed by atoms with Gasteiger partial charge in [-0.15, -0.1) is 0 Å². The zero-order valence-electron chi connectivity index (χ0n) is 16.7. The van der Waals surface area contributed by atoms with Crippen LogP contribution in [0.15, 0.2) is 53.4 Å². The van der Waals surface area contributed by atoms with Gasteiger partial charge in [-0.05, 0) is 48.4 Å². The van der Waals surface area contributed by atoms with Crippen LogP contribution in [-0.2, 0) is 17.9 Å². The number of benzene rings is 1. The molecule has 0 spiro atoms. The topological polar surface area (TPSA) is 54.5 Å². The number of ether oxygens (including phenoxy) is 1. The van der Waals surface area contributed by atoms with Crippen molar-refractivity contribution < 1.29 is 9.53 Å². The summed E-state index contributed by atoms with van der Waals surface area (Å²) in [4.78, 5) is 19.2. The zero-order chi connectivity index (χ0) is 20.2. The van der Waals surface area contributed by atoms with E-state index in [2.05, 4.69) is 51.1 Å². The second-order valence-electron chi connectivity index (χ2n) is 7.49. The number of rotatable bonds is 5.